The fourth-order valence-corrected chi connectivity index (χ4v) is 3.40. The van der Waals surface area contributed by atoms with Crippen LogP contribution in [-0.4, -0.2) is 41.6 Å². The number of hydrogen-bond acceptors (Lipinski definition) is 5. The highest BCUT2D eigenvalue weighted by molar-refractivity contribution is 9.10. The molecule has 1 unspecified atom stereocenters. The van der Waals surface area contributed by atoms with Gasteiger partial charge in [0.25, 0.3) is 0 Å². The lowest BCUT2D eigenvalue weighted by molar-refractivity contribution is -0.124. The molecule has 3 heterocycles. The average molecular weight is 466 g/mol. The van der Waals surface area contributed by atoms with Crippen molar-refractivity contribution in [1.29, 1.82) is 0 Å². The molecule has 0 aromatic carbocycles. The van der Waals surface area contributed by atoms with E-state index in [1.54, 1.807) is 33.6 Å². The summed E-state index contributed by atoms with van der Waals surface area (Å²) in [6.07, 6.45) is 5.48. The molecule has 3 aromatic rings. The number of imidazole rings is 1. The Labute approximate surface area is 176 Å². The molecule has 156 valence electrons. The van der Waals surface area contributed by atoms with Crippen LogP contribution in [0, 0.1) is 0 Å². The van der Waals surface area contributed by atoms with Gasteiger partial charge in [0.2, 0.25) is 11.7 Å². The number of hydrogen-bond donors (Lipinski definition) is 2. The number of nitrogens with zero attached hydrogens (tertiary/aromatic N) is 5. The second kappa shape index (κ2) is 7.83. The van der Waals surface area contributed by atoms with Gasteiger partial charge in [-0.2, -0.15) is 5.10 Å². The Morgan fingerprint density at radius 2 is 2.07 bits per heavy atom. The van der Waals surface area contributed by atoms with E-state index in [4.69, 9.17) is 5.73 Å². The number of halogens is 2. The lowest BCUT2D eigenvalue weighted by Gasteiger charge is -2.28. The fourth-order valence-electron chi connectivity index (χ4n) is 2.98. The molecule has 8 nitrogen and oxygen atoms in total. The molecule has 29 heavy (non-hydrogen) atoms. The summed E-state index contributed by atoms with van der Waals surface area (Å²) in [4.78, 5) is 21.0. The number of fused-ring (bicyclic) bond motifs is 1. The van der Waals surface area contributed by atoms with Gasteiger partial charge in [0.1, 0.15) is 16.0 Å². The van der Waals surface area contributed by atoms with Crippen molar-refractivity contribution < 1.29 is 9.18 Å². The number of alkyl halides is 1. The van der Waals surface area contributed by atoms with Gasteiger partial charge >= 0.3 is 0 Å². The maximum Gasteiger partial charge on any atom is 0.237 e. The first kappa shape index (κ1) is 21.4. The molecular weight excluding hydrogens is 441 g/mol. The van der Waals surface area contributed by atoms with E-state index >= 15 is 0 Å². The van der Waals surface area contributed by atoms with Gasteiger partial charge in [-0.25, -0.2) is 14.4 Å². The van der Waals surface area contributed by atoms with Gasteiger partial charge in [-0.3, -0.25) is 13.9 Å². The molecule has 1 atom stereocenters. The van der Waals surface area contributed by atoms with E-state index in [1.807, 2.05) is 20.0 Å². The number of rotatable bonds is 7. The van der Waals surface area contributed by atoms with Crippen LogP contribution >= 0.6 is 15.9 Å². The van der Waals surface area contributed by atoms with Crippen LogP contribution in [0.25, 0.3) is 5.78 Å². The summed E-state index contributed by atoms with van der Waals surface area (Å²) in [5, 5.41) is 7.26. The molecule has 0 aliphatic rings. The van der Waals surface area contributed by atoms with Crippen LogP contribution in [0.15, 0.2) is 35.3 Å². The van der Waals surface area contributed by atoms with E-state index in [-0.39, 0.29) is 5.91 Å². The SMILES string of the molecule is CC(C)(Cn1nc(C(C)(C)F)cc1Br)NC(=O)C(N)Cc1cnc2ncccn12. The molecule has 0 spiro atoms. The van der Waals surface area contributed by atoms with Crippen molar-refractivity contribution in [1.82, 2.24) is 29.5 Å². The molecule has 0 saturated heterocycles. The minimum atomic E-state index is -1.55. The van der Waals surface area contributed by atoms with E-state index in [0.717, 1.165) is 5.69 Å². The molecule has 0 bridgehead atoms. The van der Waals surface area contributed by atoms with E-state index in [0.29, 0.717) is 29.0 Å². The zero-order valence-corrected chi connectivity index (χ0v) is 18.4. The number of aromatic nitrogens is 5. The average Bonchev–Trinajstić information content (AvgIpc) is 3.18. The van der Waals surface area contributed by atoms with Crippen molar-refractivity contribution in [3.63, 3.8) is 0 Å². The molecule has 0 fully saturated rings. The molecule has 1 amide bonds. The van der Waals surface area contributed by atoms with Gasteiger partial charge in [-0.05, 0) is 55.8 Å². The molecule has 0 radical (unpaired) electrons. The normalized spacial score (nSPS) is 13.6. The second-order valence-corrected chi connectivity index (χ2v) is 9.02. The molecule has 0 aliphatic heterocycles. The number of nitrogens with two attached hydrogens (primary N) is 1. The van der Waals surface area contributed by atoms with Gasteiger partial charge in [-0.1, -0.05) is 0 Å². The molecule has 3 aromatic heterocycles. The number of carbonyl (C=O) groups is 1. The standard InChI is InChI=1S/C19H25BrFN7O/c1-18(2,11-28-15(20)9-14(26-28)19(3,4)21)25-16(29)13(22)8-12-10-24-17-23-6-5-7-27(12)17/h5-7,9-10,13H,8,11,22H2,1-4H3,(H,25,29). The largest absolute Gasteiger partial charge is 0.348 e. The van der Waals surface area contributed by atoms with Crippen molar-refractivity contribution in [3.05, 3.63) is 46.7 Å². The highest BCUT2D eigenvalue weighted by atomic mass is 79.9. The Morgan fingerprint density at radius 1 is 1.34 bits per heavy atom. The molecule has 0 aliphatic carbocycles. The van der Waals surface area contributed by atoms with Gasteiger partial charge in [0.15, 0.2) is 0 Å². The van der Waals surface area contributed by atoms with Crippen LogP contribution < -0.4 is 11.1 Å². The van der Waals surface area contributed by atoms with Crippen LogP contribution in [0.4, 0.5) is 4.39 Å². The molecule has 3 N–H and O–H groups in total. The fraction of sp³-hybridized carbons (Fsp3) is 0.474. The predicted molar refractivity (Wildman–Crippen MR) is 111 cm³/mol. The van der Waals surface area contributed by atoms with Crippen LogP contribution in [-0.2, 0) is 23.4 Å². The summed E-state index contributed by atoms with van der Waals surface area (Å²) in [6, 6.07) is 2.68. The first-order valence-corrected chi connectivity index (χ1v) is 10.0. The van der Waals surface area contributed by atoms with Crippen LogP contribution in [0.2, 0.25) is 0 Å². The summed E-state index contributed by atoms with van der Waals surface area (Å²) in [5.41, 5.74) is 5.06. The van der Waals surface area contributed by atoms with Gasteiger partial charge in [0, 0.05) is 24.5 Å². The third kappa shape index (κ3) is 4.99. The van der Waals surface area contributed by atoms with Crippen molar-refractivity contribution in [2.24, 2.45) is 5.73 Å². The maximum absolute atomic E-state index is 14.2. The zero-order valence-electron chi connectivity index (χ0n) is 16.9. The molecule has 10 heteroatoms. The summed E-state index contributed by atoms with van der Waals surface area (Å²) < 4.78 is 18.2. The topological polar surface area (TPSA) is 103 Å². The third-order valence-corrected chi connectivity index (χ3v) is 5.12. The number of carbonyl (C=O) groups excluding carboxylic acids is 1. The molecule has 0 saturated carbocycles. The highest BCUT2D eigenvalue weighted by Gasteiger charge is 2.28. The van der Waals surface area contributed by atoms with Gasteiger partial charge in [-0.15, -0.1) is 0 Å². The zero-order chi connectivity index (χ0) is 21.4. The highest BCUT2D eigenvalue weighted by Crippen LogP contribution is 2.26. The van der Waals surface area contributed by atoms with Crippen molar-refractivity contribution in [2.45, 2.75) is 57.9 Å². The summed E-state index contributed by atoms with van der Waals surface area (Å²) in [5.74, 6) is 0.272. The van der Waals surface area contributed by atoms with Crippen molar-refractivity contribution in [3.8, 4) is 0 Å². The number of nitrogens with one attached hydrogen (secondary N) is 1. The lowest BCUT2D eigenvalue weighted by atomic mass is 10.0. The second-order valence-electron chi connectivity index (χ2n) is 8.21. The van der Waals surface area contributed by atoms with Gasteiger partial charge < -0.3 is 11.1 Å². The van der Waals surface area contributed by atoms with Crippen LogP contribution in [0.5, 0.6) is 0 Å². The maximum atomic E-state index is 14.2. The number of amides is 1. The Kier molecular flexibility index (Phi) is 5.77. The Morgan fingerprint density at radius 3 is 2.72 bits per heavy atom. The predicted octanol–water partition coefficient (Wildman–Crippen LogP) is 2.36. The van der Waals surface area contributed by atoms with E-state index < -0.39 is 17.2 Å². The van der Waals surface area contributed by atoms with Crippen molar-refractivity contribution in [2.75, 3.05) is 0 Å². The van der Waals surface area contributed by atoms with Crippen LogP contribution in [0.1, 0.15) is 39.1 Å². The first-order chi connectivity index (χ1) is 13.5. The lowest BCUT2D eigenvalue weighted by Crippen LogP contribution is -2.53. The smallest absolute Gasteiger partial charge is 0.237 e. The van der Waals surface area contributed by atoms with E-state index in [2.05, 4.69) is 36.3 Å². The Bertz CT molecular complexity index is 1020. The minimum absolute atomic E-state index is 0.289. The monoisotopic (exact) mass is 465 g/mol. The first-order valence-electron chi connectivity index (χ1n) is 9.23. The Hall–Kier alpha value is -2.33. The quantitative estimate of drug-likeness (QED) is 0.557. The summed E-state index contributed by atoms with van der Waals surface area (Å²) in [7, 11) is 0. The molecular formula is C19H25BrFN7O. The minimum Gasteiger partial charge on any atom is -0.348 e. The summed E-state index contributed by atoms with van der Waals surface area (Å²) >= 11 is 3.40. The van der Waals surface area contributed by atoms with Crippen LogP contribution in [0.3, 0.4) is 0 Å². The third-order valence-electron chi connectivity index (χ3n) is 4.48. The summed E-state index contributed by atoms with van der Waals surface area (Å²) in [6.45, 7) is 6.98. The Balaban J connectivity index is 1.66. The molecule has 3 rings (SSSR count). The van der Waals surface area contributed by atoms with Gasteiger partial charge in [0.05, 0.1) is 24.3 Å². The van der Waals surface area contributed by atoms with Crippen molar-refractivity contribution >= 4 is 27.6 Å². The van der Waals surface area contributed by atoms with E-state index in [1.165, 1.54) is 13.8 Å². The van der Waals surface area contributed by atoms with E-state index in [9.17, 15) is 9.18 Å².